The summed E-state index contributed by atoms with van der Waals surface area (Å²) in [5, 5.41) is 12.2. The second-order valence-electron chi connectivity index (χ2n) is 5.11. The number of hydrogen-bond donors (Lipinski definition) is 2. The van der Waals surface area contributed by atoms with Gasteiger partial charge in [0.15, 0.2) is 5.88 Å². The van der Waals surface area contributed by atoms with Crippen LogP contribution in [0.3, 0.4) is 0 Å². The molecule has 5 nitrogen and oxygen atoms in total. The van der Waals surface area contributed by atoms with Crippen molar-refractivity contribution in [2.45, 2.75) is 37.8 Å². The summed E-state index contributed by atoms with van der Waals surface area (Å²) in [5.41, 5.74) is 0. The van der Waals surface area contributed by atoms with Gasteiger partial charge in [0, 0.05) is 24.7 Å². The van der Waals surface area contributed by atoms with Crippen molar-refractivity contribution in [2.24, 2.45) is 0 Å². The van der Waals surface area contributed by atoms with Gasteiger partial charge in [-0.05, 0) is 31.9 Å². The maximum absolute atomic E-state index is 10.7. The highest BCUT2D eigenvalue weighted by molar-refractivity contribution is 5.84. The average molecular weight is 250 g/mol. The molecule has 2 unspecified atom stereocenters. The third kappa shape index (κ3) is 2.10. The third-order valence-corrected chi connectivity index (χ3v) is 4.00. The number of aromatic carboxylic acids is 1. The van der Waals surface area contributed by atoms with Crippen molar-refractivity contribution in [2.75, 3.05) is 18.4 Å². The molecule has 2 aliphatic heterocycles. The second-order valence-corrected chi connectivity index (χ2v) is 5.11. The van der Waals surface area contributed by atoms with Gasteiger partial charge in [0.2, 0.25) is 5.76 Å². The molecule has 0 aromatic carbocycles. The first kappa shape index (κ1) is 11.6. The lowest BCUT2D eigenvalue weighted by molar-refractivity contribution is 0.0663. The molecule has 5 heteroatoms. The topological polar surface area (TPSA) is 65.7 Å². The molecule has 1 aromatic heterocycles. The molecule has 2 fully saturated rings. The summed E-state index contributed by atoms with van der Waals surface area (Å²) < 4.78 is 5.26. The van der Waals surface area contributed by atoms with E-state index >= 15 is 0 Å². The van der Waals surface area contributed by atoms with Crippen LogP contribution in [-0.2, 0) is 0 Å². The number of rotatable bonds is 3. The predicted molar refractivity (Wildman–Crippen MR) is 66.9 cm³/mol. The Kier molecular flexibility index (Phi) is 2.99. The zero-order chi connectivity index (χ0) is 12.5. The van der Waals surface area contributed by atoms with Crippen LogP contribution in [-0.4, -0.2) is 41.1 Å². The molecule has 2 atom stereocenters. The van der Waals surface area contributed by atoms with E-state index in [1.165, 1.54) is 31.9 Å². The zero-order valence-corrected chi connectivity index (χ0v) is 10.3. The largest absolute Gasteiger partial charge is 0.475 e. The van der Waals surface area contributed by atoms with Crippen molar-refractivity contribution < 1.29 is 14.3 Å². The molecule has 0 spiro atoms. The molecule has 0 amide bonds. The number of carbonyl (C=O) groups is 1. The van der Waals surface area contributed by atoms with Gasteiger partial charge in [-0.25, -0.2) is 4.79 Å². The van der Waals surface area contributed by atoms with Crippen LogP contribution in [0.5, 0.6) is 0 Å². The van der Waals surface area contributed by atoms with Gasteiger partial charge >= 0.3 is 5.97 Å². The SMILES string of the molecule is O=C(O)c1ccc(NC2CCN3CCCCC23)o1. The lowest BCUT2D eigenvalue weighted by atomic mass is 9.99. The average Bonchev–Trinajstić information content (AvgIpc) is 2.98. The molecule has 0 aliphatic carbocycles. The first-order valence-electron chi connectivity index (χ1n) is 6.58. The third-order valence-electron chi connectivity index (χ3n) is 4.00. The number of carboxylic acid groups (broad SMARTS) is 1. The Morgan fingerprint density at radius 2 is 2.22 bits per heavy atom. The highest BCUT2D eigenvalue weighted by Crippen LogP contribution is 2.29. The van der Waals surface area contributed by atoms with E-state index in [4.69, 9.17) is 9.52 Å². The summed E-state index contributed by atoms with van der Waals surface area (Å²) in [6.45, 7) is 2.33. The molecule has 0 radical (unpaired) electrons. The summed E-state index contributed by atoms with van der Waals surface area (Å²) >= 11 is 0. The van der Waals surface area contributed by atoms with Crippen LogP contribution in [0, 0.1) is 0 Å². The molecular formula is C13H18N2O3. The van der Waals surface area contributed by atoms with Crippen molar-refractivity contribution in [1.82, 2.24) is 4.90 Å². The van der Waals surface area contributed by atoms with Crippen LogP contribution in [0.15, 0.2) is 16.5 Å². The van der Waals surface area contributed by atoms with Gasteiger partial charge in [-0.3, -0.25) is 4.90 Å². The minimum atomic E-state index is -1.02. The molecule has 2 aliphatic rings. The van der Waals surface area contributed by atoms with Gasteiger partial charge in [-0.1, -0.05) is 6.42 Å². The van der Waals surface area contributed by atoms with Crippen LogP contribution < -0.4 is 5.32 Å². The fourth-order valence-electron chi connectivity index (χ4n) is 3.13. The fourth-order valence-corrected chi connectivity index (χ4v) is 3.13. The zero-order valence-electron chi connectivity index (χ0n) is 10.3. The Hall–Kier alpha value is -1.49. The summed E-state index contributed by atoms with van der Waals surface area (Å²) in [6.07, 6.45) is 4.92. The van der Waals surface area contributed by atoms with Gasteiger partial charge in [-0.15, -0.1) is 0 Å². The normalized spacial score (nSPS) is 28.0. The van der Waals surface area contributed by atoms with Gasteiger partial charge in [-0.2, -0.15) is 0 Å². The molecule has 18 heavy (non-hydrogen) atoms. The van der Waals surface area contributed by atoms with Crippen molar-refractivity contribution in [3.8, 4) is 0 Å². The fraction of sp³-hybridized carbons (Fsp3) is 0.615. The highest BCUT2D eigenvalue weighted by atomic mass is 16.4. The van der Waals surface area contributed by atoms with E-state index in [9.17, 15) is 4.79 Å². The Morgan fingerprint density at radius 3 is 3.00 bits per heavy atom. The Bertz CT molecular complexity index is 443. The molecule has 3 heterocycles. The minimum absolute atomic E-state index is 0.00371. The van der Waals surface area contributed by atoms with Gasteiger partial charge in [0.05, 0.1) is 0 Å². The van der Waals surface area contributed by atoms with E-state index in [-0.39, 0.29) is 5.76 Å². The van der Waals surface area contributed by atoms with Crippen LogP contribution in [0.25, 0.3) is 0 Å². The van der Waals surface area contributed by atoms with Crippen molar-refractivity contribution in [1.29, 1.82) is 0 Å². The number of anilines is 1. The predicted octanol–water partition coefficient (Wildman–Crippen LogP) is 2.02. The molecule has 0 bridgehead atoms. The monoisotopic (exact) mass is 250 g/mol. The lowest BCUT2D eigenvalue weighted by Gasteiger charge is -2.32. The van der Waals surface area contributed by atoms with Gasteiger partial charge in [0.25, 0.3) is 0 Å². The Balaban J connectivity index is 1.66. The van der Waals surface area contributed by atoms with E-state index in [1.54, 1.807) is 6.07 Å². The van der Waals surface area contributed by atoms with E-state index < -0.39 is 5.97 Å². The molecule has 2 saturated heterocycles. The molecule has 98 valence electrons. The highest BCUT2D eigenvalue weighted by Gasteiger charge is 2.35. The second kappa shape index (κ2) is 4.65. The quantitative estimate of drug-likeness (QED) is 0.859. The first-order chi connectivity index (χ1) is 8.74. The van der Waals surface area contributed by atoms with Crippen molar-refractivity contribution in [3.63, 3.8) is 0 Å². The standard InChI is InChI=1S/C13H18N2O3/c16-13(17)11-4-5-12(18-11)14-9-6-8-15-7-2-1-3-10(9)15/h4-5,9-10,14H,1-3,6-8H2,(H,16,17). The van der Waals surface area contributed by atoms with E-state index in [0.717, 1.165) is 13.0 Å². The number of nitrogens with zero attached hydrogens (tertiary/aromatic N) is 1. The summed E-state index contributed by atoms with van der Waals surface area (Å²) in [7, 11) is 0. The van der Waals surface area contributed by atoms with Crippen molar-refractivity contribution >= 4 is 11.9 Å². The van der Waals surface area contributed by atoms with Gasteiger partial charge in [0.1, 0.15) is 0 Å². The summed E-state index contributed by atoms with van der Waals surface area (Å²) in [4.78, 5) is 13.3. The summed E-state index contributed by atoms with van der Waals surface area (Å²) in [6, 6.07) is 4.17. The first-order valence-corrected chi connectivity index (χ1v) is 6.58. The van der Waals surface area contributed by atoms with E-state index in [2.05, 4.69) is 10.2 Å². The summed E-state index contributed by atoms with van der Waals surface area (Å²) in [5.74, 6) is -0.449. The molecule has 0 saturated carbocycles. The minimum Gasteiger partial charge on any atom is -0.475 e. The van der Waals surface area contributed by atoms with Crippen molar-refractivity contribution in [3.05, 3.63) is 17.9 Å². The number of hydrogen-bond acceptors (Lipinski definition) is 4. The lowest BCUT2D eigenvalue weighted by Crippen LogP contribution is -2.41. The van der Waals surface area contributed by atoms with E-state index in [0.29, 0.717) is 18.0 Å². The number of nitrogens with one attached hydrogen (secondary N) is 1. The number of fused-ring (bicyclic) bond motifs is 1. The number of furan rings is 1. The molecule has 1 aromatic rings. The number of carboxylic acids is 1. The van der Waals surface area contributed by atoms with E-state index in [1.807, 2.05) is 0 Å². The smallest absolute Gasteiger partial charge is 0.371 e. The maximum atomic E-state index is 10.7. The molecular weight excluding hydrogens is 232 g/mol. The van der Waals surface area contributed by atoms with Crippen LogP contribution in [0.4, 0.5) is 5.88 Å². The van der Waals surface area contributed by atoms with Crippen LogP contribution in [0.2, 0.25) is 0 Å². The van der Waals surface area contributed by atoms with Gasteiger partial charge < -0.3 is 14.8 Å². The molecule has 3 rings (SSSR count). The maximum Gasteiger partial charge on any atom is 0.371 e. The Morgan fingerprint density at radius 1 is 1.33 bits per heavy atom. The Labute approximate surface area is 106 Å². The van der Waals surface area contributed by atoms with Crippen LogP contribution >= 0.6 is 0 Å². The van der Waals surface area contributed by atoms with Crippen LogP contribution in [0.1, 0.15) is 36.2 Å². The number of piperidine rings is 1. The molecule has 2 N–H and O–H groups in total.